The number of aromatic nitrogens is 1. The van der Waals surface area contributed by atoms with Crippen molar-refractivity contribution in [1.29, 1.82) is 0 Å². The standard InChI is InChI=1S/C34H42ClN5O9S/c1-18-7-4-5-8-20-15-34(20,32(43)39-50(46,47)22-11-12-22)38-29(41)25-14-21(17-40(25)31(42)28(19(2)13-18)37-33(44)45)49-30-23-9-6-10-24(35)27(23)26(48-3)16-36-30/h5-6,8-10,16,18-22,25,28,37H,4,7,11-15,17H2,1-3H3,(H,38,41)(H,39,43)(H,44,45)/b8-5-/t18-,19-,20-,21-,25+,28+,34-/m1/s1. The van der Waals surface area contributed by atoms with Crippen LogP contribution in [-0.4, -0.2) is 89.9 Å². The summed E-state index contributed by atoms with van der Waals surface area (Å²) in [4.78, 5) is 59.9. The first-order valence-electron chi connectivity index (χ1n) is 16.9. The first-order valence-corrected chi connectivity index (χ1v) is 18.8. The number of hydrogen-bond donors (Lipinski definition) is 4. The molecule has 6 rings (SSSR count). The molecule has 1 saturated heterocycles. The maximum atomic E-state index is 14.3. The Morgan fingerprint density at radius 3 is 2.62 bits per heavy atom. The maximum absolute atomic E-state index is 14.3. The highest BCUT2D eigenvalue weighted by molar-refractivity contribution is 7.91. The largest absolute Gasteiger partial charge is 0.494 e. The Kier molecular flexibility index (Phi) is 9.92. The summed E-state index contributed by atoms with van der Waals surface area (Å²) >= 11 is 6.49. The fourth-order valence-electron chi connectivity index (χ4n) is 7.24. The van der Waals surface area contributed by atoms with Crippen LogP contribution in [0, 0.1) is 17.8 Å². The van der Waals surface area contributed by atoms with Gasteiger partial charge in [-0.15, -0.1) is 0 Å². The molecule has 4 N–H and O–H groups in total. The second kappa shape index (κ2) is 13.9. The van der Waals surface area contributed by atoms with E-state index in [4.69, 9.17) is 21.1 Å². The maximum Gasteiger partial charge on any atom is 0.405 e. The summed E-state index contributed by atoms with van der Waals surface area (Å²) in [5, 5.41) is 15.8. The van der Waals surface area contributed by atoms with Crippen LogP contribution in [0.2, 0.25) is 5.02 Å². The number of pyridine rings is 1. The average molecular weight is 732 g/mol. The van der Waals surface area contributed by atoms with E-state index in [-0.39, 0.29) is 31.2 Å². The molecule has 3 fully saturated rings. The van der Waals surface area contributed by atoms with Crippen LogP contribution in [0.15, 0.2) is 36.5 Å². The first kappa shape index (κ1) is 35.7. The smallest absolute Gasteiger partial charge is 0.405 e. The lowest BCUT2D eigenvalue weighted by Gasteiger charge is -2.32. The summed E-state index contributed by atoms with van der Waals surface area (Å²) in [5.41, 5.74) is -1.54. The molecule has 2 aliphatic heterocycles. The number of carboxylic acid groups (broad SMARTS) is 1. The number of benzene rings is 1. The number of nitrogens with one attached hydrogen (secondary N) is 3. The number of hydrogen-bond acceptors (Lipinski definition) is 9. The van der Waals surface area contributed by atoms with E-state index in [9.17, 15) is 32.7 Å². The highest BCUT2D eigenvalue weighted by Gasteiger charge is 2.62. The third-order valence-corrected chi connectivity index (χ3v) is 12.3. The average Bonchev–Trinajstić information content (AvgIpc) is 3.98. The van der Waals surface area contributed by atoms with Crippen molar-refractivity contribution in [3.63, 3.8) is 0 Å². The minimum absolute atomic E-state index is 0.0174. The van der Waals surface area contributed by atoms with Gasteiger partial charge in [0.05, 0.1) is 30.1 Å². The van der Waals surface area contributed by atoms with E-state index >= 15 is 0 Å². The van der Waals surface area contributed by atoms with Gasteiger partial charge in [0.15, 0.2) is 0 Å². The van der Waals surface area contributed by atoms with E-state index in [1.807, 2.05) is 19.1 Å². The van der Waals surface area contributed by atoms with Crippen molar-refractivity contribution >= 4 is 56.2 Å². The number of sulfonamides is 1. The van der Waals surface area contributed by atoms with Crippen LogP contribution in [0.5, 0.6) is 11.6 Å². The number of carbonyl (C=O) groups is 4. The van der Waals surface area contributed by atoms with Gasteiger partial charge in [-0.25, -0.2) is 18.2 Å². The van der Waals surface area contributed by atoms with Gasteiger partial charge in [0, 0.05) is 23.1 Å². The van der Waals surface area contributed by atoms with E-state index in [1.54, 1.807) is 25.1 Å². The van der Waals surface area contributed by atoms with Crippen molar-refractivity contribution in [3.05, 3.63) is 41.6 Å². The second-order valence-corrected chi connectivity index (χ2v) is 16.3. The molecular formula is C34H42ClN5O9S. The molecule has 0 unspecified atom stereocenters. The Morgan fingerprint density at radius 2 is 1.92 bits per heavy atom. The van der Waals surface area contributed by atoms with E-state index in [1.165, 1.54) is 18.2 Å². The Hall–Kier alpha value is -4.11. The van der Waals surface area contributed by atoms with Gasteiger partial charge >= 0.3 is 6.09 Å². The second-order valence-electron chi connectivity index (χ2n) is 14.0. The van der Waals surface area contributed by atoms with Crippen molar-refractivity contribution in [1.82, 2.24) is 25.2 Å². The summed E-state index contributed by atoms with van der Waals surface area (Å²) < 4.78 is 39.5. The summed E-state index contributed by atoms with van der Waals surface area (Å²) in [6, 6.07) is 2.84. The van der Waals surface area contributed by atoms with Gasteiger partial charge < -0.3 is 30.1 Å². The van der Waals surface area contributed by atoms with Crippen LogP contribution in [0.4, 0.5) is 4.79 Å². The predicted molar refractivity (Wildman–Crippen MR) is 183 cm³/mol. The van der Waals surface area contributed by atoms with Crippen molar-refractivity contribution in [2.45, 2.75) is 87.8 Å². The molecule has 4 aliphatic rings. The van der Waals surface area contributed by atoms with E-state index < -0.39 is 74.7 Å². The van der Waals surface area contributed by atoms with Gasteiger partial charge in [-0.05, 0) is 62.5 Å². The van der Waals surface area contributed by atoms with Gasteiger partial charge in [-0.1, -0.05) is 43.7 Å². The van der Waals surface area contributed by atoms with E-state index in [2.05, 4.69) is 20.3 Å². The third kappa shape index (κ3) is 7.20. The third-order valence-electron chi connectivity index (χ3n) is 10.2. The van der Waals surface area contributed by atoms with Crippen LogP contribution >= 0.6 is 11.6 Å². The summed E-state index contributed by atoms with van der Waals surface area (Å²) in [6.45, 7) is 3.73. The SMILES string of the molecule is COc1cnc(O[C@@H]2C[C@H]3C(=O)N[C@]4(C(=O)NS(=O)(=O)C5CC5)C[C@H]4/C=C\CC[C@@H](C)C[C@@H](C)[C@H](NC(=O)O)C(=O)N3C2)c2cccc(Cl)c12. The zero-order valence-electron chi connectivity index (χ0n) is 28.1. The van der Waals surface area contributed by atoms with Crippen LogP contribution < -0.4 is 24.8 Å². The number of methoxy groups -OCH3 is 1. The van der Waals surface area contributed by atoms with E-state index in [0.29, 0.717) is 47.2 Å². The molecule has 2 aliphatic carbocycles. The summed E-state index contributed by atoms with van der Waals surface area (Å²) in [6.07, 6.45) is 6.06. The molecule has 0 spiro atoms. The molecule has 14 nitrogen and oxygen atoms in total. The fourth-order valence-corrected chi connectivity index (χ4v) is 8.87. The zero-order chi connectivity index (χ0) is 36.0. The number of carbonyl (C=O) groups excluding carboxylic acids is 3. The topological polar surface area (TPSA) is 193 Å². The van der Waals surface area contributed by atoms with Gasteiger partial charge in [0.2, 0.25) is 27.7 Å². The number of fused-ring (bicyclic) bond motifs is 3. The van der Waals surface area contributed by atoms with Crippen molar-refractivity contribution in [3.8, 4) is 11.6 Å². The molecule has 270 valence electrons. The highest BCUT2D eigenvalue weighted by atomic mass is 35.5. The van der Waals surface area contributed by atoms with Crippen LogP contribution in [0.1, 0.15) is 58.8 Å². The minimum Gasteiger partial charge on any atom is -0.494 e. The fraction of sp³-hybridized carbons (Fsp3) is 0.559. The molecular weight excluding hydrogens is 690 g/mol. The molecule has 7 atom stereocenters. The van der Waals surface area contributed by atoms with Gasteiger partial charge in [-0.3, -0.25) is 19.1 Å². The van der Waals surface area contributed by atoms with E-state index in [0.717, 1.165) is 6.42 Å². The number of nitrogens with zero attached hydrogens (tertiary/aromatic N) is 2. The lowest BCUT2D eigenvalue weighted by molar-refractivity contribution is -0.142. The Morgan fingerprint density at radius 1 is 1.16 bits per heavy atom. The van der Waals surface area contributed by atoms with Gasteiger partial charge in [0.1, 0.15) is 29.5 Å². The Balaban J connectivity index is 1.35. The van der Waals surface area contributed by atoms with Crippen LogP contribution in [-0.2, 0) is 24.4 Å². The molecule has 0 bridgehead atoms. The number of amides is 4. The molecule has 2 saturated carbocycles. The number of halogens is 1. The first-order chi connectivity index (χ1) is 23.7. The van der Waals surface area contributed by atoms with Gasteiger partial charge in [-0.2, -0.15) is 0 Å². The summed E-state index contributed by atoms with van der Waals surface area (Å²) in [5.74, 6) is -2.24. The molecule has 1 aromatic heterocycles. The monoisotopic (exact) mass is 731 g/mol. The lowest BCUT2D eigenvalue weighted by atomic mass is 9.88. The Labute approximate surface area is 295 Å². The molecule has 4 amide bonds. The van der Waals surface area contributed by atoms with Crippen LogP contribution in [0.3, 0.4) is 0 Å². The van der Waals surface area contributed by atoms with Crippen molar-refractivity contribution in [2.75, 3.05) is 13.7 Å². The quantitative estimate of drug-likeness (QED) is 0.307. The molecule has 0 radical (unpaired) electrons. The highest BCUT2D eigenvalue weighted by Crippen LogP contribution is 2.46. The lowest BCUT2D eigenvalue weighted by Crippen LogP contribution is -2.59. The molecule has 16 heteroatoms. The van der Waals surface area contributed by atoms with Crippen molar-refractivity contribution < 1.29 is 42.2 Å². The zero-order valence-corrected chi connectivity index (χ0v) is 29.6. The minimum atomic E-state index is -3.91. The van der Waals surface area contributed by atoms with Crippen LogP contribution in [0.25, 0.3) is 10.8 Å². The van der Waals surface area contributed by atoms with Gasteiger partial charge in [0.25, 0.3) is 5.91 Å². The predicted octanol–water partition coefficient (Wildman–Crippen LogP) is 3.38. The molecule has 1 aromatic carbocycles. The number of rotatable bonds is 7. The molecule has 3 heterocycles. The molecule has 50 heavy (non-hydrogen) atoms. The number of ether oxygens (including phenoxy) is 2. The molecule has 2 aromatic rings. The Bertz CT molecular complexity index is 1840. The normalized spacial score (nSPS) is 30.9. The summed E-state index contributed by atoms with van der Waals surface area (Å²) in [7, 11) is -2.42. The number of allylic oxidation sites excluding steroid dienone is 1. The van der Waals surface area contributed by atoms with Crippen molar-refractivity contribution in [2.24, 2.45) is 17.8 Å².